The molecule has 0 aromatic carbocycles. The van der Waals surface area contributed by atoms with Gasteiger partial charge in [0.05, 0.1) is 0 Å². The second-order valence-electron chi connectivity index (χ2n) is 7.43. The molecule has 2 fully saturated rings. The Kier molecular flexibility index (Phi) is 5.49. The van der Waals surface area contributed by atoms with Crippen LogP contribution in [0.3, 0.4) is 0 Å². The quantitative estimate of drug-likeness (QED) is 0.859. The Hall–Kier alpha value is -0.120. The first kappa shape index (κ1) is 16.3. The molecule has 0 aromatic rings. The van der Waals surface area contributed by atoms with Gasteiger partial charge in [0.1, 0.15) is 0 Å². The van der Waals surface area contributed by atoms with Gasteiger partial charge in [-0.15, -0.1) is 0 Å². The third-order valence-electron chi connectivity index (χ3n) is 6.13. The Balaban J connectivity index is 1.99. The van der Waals surface area contributed by atoms with Crippen LogP contribution in [0.2, 0.25) is 0 Å². The van der Waals surface area contributed by atoms with Crippen LogP contribution < -0.4 is 5.73 Å². The summed E-state index contributed by atoms with van der Waals surface area (Å²) in [5.74, 6) is 1.76. The number of nitrogens with zero attached hydrogens (tertiary/aromatic N) is 2. The van der Waals surface area contributed by atoms with Gasteiger partial charge in [0.2, 0.25) is 0 Å². The first-order valence-corrected chi connectivity index (χ1v) is 8.71. The van der Waals surface area contributed by atoms with Gasteiger partial charge in [-0.3, -0.25) is 9.80 Å². The fourth-order valence-electron chi connectivity index (χ4n) is 4.39. The Morgan fingerprint density at radius 2 is 1.85 bits per heavy atom. The van der Waals surface area contributed by atoms with Crippen molar-refractivity contribution in [2.75, 3.05) is 32.7 Å². The van der Waals surface area contributed by atoms with E-state index in [-0.39, 0.29) is 0 Å². The standard InChI is InChI=1S/C17H35N3/c1-5-19-10-11-20(12-15(19)4)17(13-18)8-6-16(7-9-17)14(2)3/h14-16H,5-13,18H2,1-4H3. The molecule has 118 valence electrons. The van der Waals surface area contributed by atoms with Crippen molar-refractivity contribution in [3.8, 4) is 0 Å². The maximum absolute atomic E-state index is 6.25. The van der Waals surface area contributed by atoms with Crippen LogP contribution in [0.25, 0.3) is 0 Å². The van der Waals surface area contributed by atoms with Crippen LogP contribution in [0.5, 0.6) is 0 Å². The van der Waals surface area contributed by atoms with Crippen LogP contribution >= 0.6 is 0 Å². The average Bonchev–Trinajstić information content (AvgIpc) is 2.47. The molecule has 2 rings (SSSR count). The number of piperazine rings is 1. The Labute approximate surface area is 125 Å². The van der Waals surface area contributed by atoms with Gasteiger partial charge < -0.3 is 5.73 Å². The van der Waals surface area contributed by atoms with Crippen molar-refractivity contribution < 1.29 is 0 Å². The molecule has 1 saturated heterocycles. The monoisotopic (exact) mass is 281 g/mol. The van der Waals surface area contributed by atoms with Crippen molar-refractivity contribution in [3.05, 3.63) is 0 Å². The lowest BCUT2D eigenvalue weighted by atomic mass is 9.71. The van der Waals surface area contributed by atoms with E-state index >= 15 is 0 Å². The smallest absolute Gasteiger partial charge is 0.0333 e. The van der Waals surface area contributed by atoms with E-state index in [1.807, 2.05) is 0 Å². The SMILES string of the molecule is CCN1CCN(C2(CN)CCC(C(C)C)CC2)CC1C. The van der Waals surface area contributed by atoms with Crippen LogP contribution in [0.1, 0.15) is 53.4 Å². The lowest BCUT2D eigenvalue weighted by molar-refractivity contribution is -0.0195. The van der Waals surface area contributed by atoms with E-state index in [1.165, 1.54) is 51.9 Å². The molecule has 20 heavy (non-hydrogen) atoms. The van der Waals surface area contributed by atoms with Gasteiger partial charge in [0.25, 0.3) is 0 Å². The minimum absolute atomic E-state index is 0.305. The topological polar surface area (TPSA) is 32.5 Å². The zero-order valence-electron chi connectivity index (χ0n) is 14.1. The fourth-order valence-corrected chi connectivity index (χ4v) is 4.39. The summed E-state index contributed by atoms with van der Waals surface area (Å²) in [6, 6.07) is 0.681. The summed E-state index contributed by atoms with van der Waals surface area (Å²) >= 11 is 0. The molecule has 0 amide bonds. The molecular weight excluding hydrogens is 246 g/mol. The van der Waals surface area contributed by atoms with Gasteiger partial charge in [-0.1, -0.05) is 20.8 Å². The van der Waals surface area contributed by atoms with E-state index in [0.717, 1.165) is 18.4 Å². The third-order valence-corrected chi connectivity index (χ3v) is 6.13. The second-order valence-corrected chi connectivity index (χ2v) is 7.43. The maximum atomic E-state index is 6.25. The fraction of sp³-hybridized carbons (Fsp3) is 1.00. The molecular formula is C17H35N3. The van der Waals surface area contributed by atoms with Gasteiger partial charge >= 0.3 is 0 Å². The van der Waals surface area contributed by atoms with Gasteiger partial charge in [-0.05, 0) is 51.0 Å². The minimum atomic E-state index is 0.305. The molecule has 0 bridgehead atoms. The summed E-state index contributed by atoms with van der Waals surface area (Å²) in [7, 11) is 0. The number of hydrogen-bond donors (Lipinski definition) is 1. The largest absolute Gasteiger partial charge is 0.329 e. The highest BCUT2D eigenvalue weighted by Gasteiger charge is 2.41. The van der Waals surface area contributed by atoms with E-state index in [2.05, 4.69) is 37.5 Å². The van der Waals surface area contributed by atoms with Gasteiger partial charge in [-0.25, -0.2) is 0 Å². The molecule has 1 heterocycles. The maximum Gasteiger partial charge on any atom is 0.0333 e. The molecule has 3 nitrogen and oxygen atoms in total. The Morgan fingerprint density at radius 3 is 2.30 bits per heavy atom. The molecule has 0 spiro atoms. The molecule has 1 saturated carbocycles. The number of hydrogen-bond acceptors (Lipinski definition) is 3. The molecule has 1 aliphatic heterocycles. The van der Waals surface area contributed by atoms with Crippen molar-refractivity contribution in [1.29, 1.82) is 0 Å². The molecule has 1 aliphatic carbocycles. The average molecular weight is 281 g/mol. The van der Waals surface area contributed by atoms with E-state index in [4.69, 9.17) is 5.73 Å². The first-order valence-electron chi connectivity index (χ1n) is 8.71. The van der Waals surface area contributed by atoms with Crippen molar-refractivity contribution in [2.45, 2.75) is 65.0 Å². The molecule has 3 heteroatoms. The second kappa shape index (κ2) is 6.76. The molecule has 1 unspecified atom stereocenters. The molecule has 2 N–H and O–H groups in total. The van der Waals surface area contributed by atoms with Crippen molar-refractivity contribution in [2.24, 2.45) is 17.6 Å². The van der Waals surface area contributed by atoms with Crippen molar-refractivity contribution in [3.63, 3.8) is 0 Å². The van der Waals surface area contributed by atoms with E-state index in [1.54, 1.807) is 0 Å². The summed E-state index contributed by atoms with van der Waals surface area (Å²) in [5.41, 5.74) is 6.55. The molecule has 1 atom stereocenters. The van der Waals surface area contributed by atoms with Crippen LogP contribution in [0.15, 0.2) is 0 Å². The number of nitrogens with two attached hydrogens (primary N) is 1. The molecule has 2 aliphatic rings. The van der Waals surface area contributed by atoms with Crippen molar-refractivity contribution >= 4 is 0 Å². The minimum Gasteiger partial charge on any atom is -0.329 e. The zero-order chi connectivity index (χ0) is 14.8. The van der Waals surface area contributed by atoms with Gasteiger partial charge in [-0.2, -0.15) is 0 Å². The highest BCUT2D eigenvalue weighted by Crippen LogP contribution is 2.39. The number of rotatable bonds is 4. The predicted octanol–water partition coefficient (Wildman–Crippen LogP) is 2.56. The lowest BCUT2D eigenvalue weighted by Gasteiger charge is -2.52. The van der Waals surface area contributed by atoms with Crippen LogP contribution in [0, 0.1) is 11.8 Å². The summed E-state index contributed by atoms with van der Waals surface area (Å²) < 4.78 is 0. The van der Waals surface area contributed by atoms with E-state index < -0.39 is 0 Å². The summed E-state index contributed by atoms with van der Waals surface area (Å²) in [6.07, 6.45) is 5.37. The Morgan fingerprint density at radius 1 is 1.20 bits per heavy atom. The van der Waals surface area contributed by atoms with Gasteiger partial charge in [0, 0.05) is 37.8 Å². The predicted molar refractivity (Wildman–Crippen MR) is 86.9 cm³/mol. The third kappa shape index (κ3) is 3.20. The van der Waals surface area contributed by atoms with E-state index in [0.29, 0.717) is 11.6 Å². The molecule has 0 aromatic heterocycles. The highest BCUT2D eigenvalue weighted by molar-refractivity contribution is 4.99. The van der Waals surface area contributed by atoms with Crippen LogP contribution in [-0.2, 0) is 0 Å². The number of likely N-dealkylation sites (N-methyl/N-ethyl adjacent to an activating group) is 1. The van der Waals surface area contributed by atoms with E-state index in [9.17, 15) is 0 Å². The van der Waals surface area contributed by atoms with Gasteiger partial charge in [0.15, 0.2) is 0 Å². The first-order chi connectivity index (χ1) is 9.52. The summed E-state index contributed by atoms with van der Waals surface area (Å²) in [5, 5.41) is 0. The van der Waals surface area contributed by atoms with Crippen molar-refractivity contribution in [1.82, 2.24) is 9.80 Å². The molecule has 0 radical (unpaired) electrons. The highest BCUT2D eigenvalue weighted by atomic mass is 15.3. The zero-order valence-corrected chi connectivity index (χ0v) is 14.1. The van der Waals surface area contributed by atoms with Crippen LogP contribution in [-0.4, -0.2) is 54.1 Å². The normalized spacial score (nSPS) is 37.5. The Bertz CT molecular complexity index is 295. The lowest BCUT2D eigenvalue weighted by Crippen LogP contribution is -2.63. The van der Waals surface area contributed by atoms with Crippen LogP contribution in [0.4, 0.5) is 0 Å². The summed E-state index contributed by atoms with van der Waals surface area (Å²) in [6.45, 7) is 15.1. The summed E-state index contributed by atoms with van der Waals surface area (Å²) in [4.78, 5) is 5.33.